The predicted octanol–water partition coefficient (Wildman–Crippen LogP) is 1.93. The fourth-order valence-electron chi connectivity index (χ4n) is 1.04. The van der Waals surface area contributed by atoms with Crippen LogP contribution in [-0.2, 0) is 9.63 Å². The highest BCUT2D eigenvalue weighted by Gasteiger charge is 2.06. The molecule has 0 spiro atoms. The molecule has 0 aliphatic rings. The molecule has 17 heavy (non-hydrogen) atoms. The Morgan fingerprint density at radius 3 is 2.65 bits per heavy atom. The SMILES string of the molecule is CC(=NOCC(C)Oc1ccccc1)C(=O)O. The van der Waals surface area contributed by atoms with Gasteiger partial charge in [-0.15, -0.1) is 0 Å². The average molecular weight is 237 g/mol. The molecule has 1 N–H and O–H groups in total. The van der Waals surface area contributed by atoms with Crippen LogP contribution in [0, 0.1) is 0 Å². The van der Waals surface area contributed by atoms with Crippen molar-refractivity contribution in [3.8, 4) is 5.75 Å². The monoisotopic (exact) mass is 237 g/mol. The number of para-hydroxylation sites is 1. The number of oxime groups is 1. The molecule has 0 fully saturated rings. The third-order valence-electron chi connectivity index (χ3n) is 1.90. The van der Waals surface area contributed by atoms with Crippen LogP contribution < -0.4 is 4.74 Å². The molecule has 0 aliphatic carbocycles. The normalized spacial score (nSPS) is 12.9. The molecule has 0 aromatic heterocycles. The number of hydrogen-bond donors (Lipinski definition) is 1. The number of carboxylic acid groups (broad SMARTS) is 1. The molecule has 1 aromatic carbocycles. The molecule has 0 saturated carbocycles. The van der Waals surface area contributed by atoms with Crippen LogP contribution in [-0.4, -0.2) is 29.5 Å². The molecule has 1 unspecified atom stereocenters. The summed E-state index contributed by atoms with van der Waals surface area (Å²) < 4.78 is 5.51. The number of rotatable bonds is 6. The number of benzene rings is 1. The van der Waals surface area contributed by atoms with Gasteiger partial charge in [0.15, 0.2) is 12.3 Å². The highest BCUT2D eigenvalue weighted by atomic mass is 16.6. The lowest BCUT2D eigenvalue weighted by atomic mass is 10.3. The summed E-state index contributed by atoms with van der Waals surface area (Å²) in [5, 5.41) is 12.0. The number of nitrogens with zero attached hydrogens (tertiary/aromatic N) is 1. The molecule has 1 aromatic rings. The van der Waals surface area contributed by atoms with Gasteiger partial charge in [0.1, 0.15) is 11.9 Å². The molecule has 1 rings (SSSR count). The highest BCUT2D eigenvalue weighted by molar-refractivity contribution is 6.34. The third-order valence-corrected chi connectivity index (χ3v) is 1.90. The van der Waals surface area contributed by atoms with Crippen molar-refractivity contribution in [3.63, 3.8) is 0 Å². The van der Waals surface area contributed by atoms with Gasteiger partial charge in [0.05, 0.1) is 0 Å². The van der Waals surface area contributed by atoms with Crippen LogP contribution in [0.2, 0.25) is 0 Å². The van der Waals surface area contributed by atoms with Crippen LogP contribution in [0.25, 0.3) is 0 Å². The quantitative estimate of drug-likeness (QED) is 0.606. The summed E-state index contributed by atoms with van der Waals surface area (Å²) in [4.78, 5) is 15.3. The summed E-state index contributed by atoms with van der Waals surface area (Å²) in [5.41, 5.74) is -0.0862. The van der Waals surface area contributed by atoms with Gasteiger partial charge in [0.2, 0.25) is 0 Å². The molecule has 0 bridgehead atoms. The van der Waals surface area contributed by atoms with Gasteiger partial charge >= 0.3 is 5.97 Å². The van der Waals surface area contributed by atoms with E-state index in [0.29, 0.717) is 0 Å². The fourth-order valence-corrected chi connectivity index (χ4v) is 1.04. The molecule has 0 radical (unpaired) electrons. The first-order chi connectivity index (χ1) is 8.09. The summed E-state index contributed by atoms with van der Waals surface area (Å²) in [7, 11) is 0. The standard InChI is InChI=1S/C12H15NO4/c1-9(8-16-13-10(2)12(14)15)17-11-6-4-3-5-7-11/h3-7,9H,8H2,1-2H3,(H,14,15). The minimum atomic E-state index is -1.10. The molecule has 5 nitrogen and oxygen atoms in total. The molecule has 5 heteroatoms. The molecule has 0 heterocycles. The second-order valence-electron chi connectivity index (χ2n) is 3.52. The van der Waals surface area contributed by atoms with Gasteiger partial charge in [-0.3, -0.25) is 0 Å². The molecule has 0 saturated heterocycles. The van der Waals surface area contributed by atoms with E-state index in [0.717, 1.165) is 5.75 Å². The predicted molar refractivity (Wildman–Crippen MR) is 63.2 cm³/mol. The minimum Gasteiger partial charge on any atom is -0.487 e. The van der Waals surface area contributed by atoms with E-state index in [9.17, 15) is 4.79 Å². The Kier molecular flexibility index (Phi) is 5.00. The van der Waals surface area contributed by atoms with Crippen LogP contribution >= 0.6 is 0 Å². The minimum absolute atomic E-state index is 0.0862. The van der Waals surface area contributed by atoms with Crippen LogP contribution in [0.4, 0.5) is 0 Å². The number of carboxylic acids is 1. The second-order valence-corrected chi connectivity index (χ2v) is 3.52. The lowest BCUT2D eigenvalue weighted by molar-refractivity contribution is -0.129. The first kappa shape index (κ1) is 13.0. The van der Waals surface area contributed by atoms with Gasteiger partial charge in [0.25, 0.3) is 0 Å². The summed E-state index contributed by atoms with van der Waals surface area (Å²) in [6.07, 6.45) is -0.206. The molecular formula is C12H15NO4. The number of ether oxygens (including phenoxy) is 1. The number of carbonyl (C=O) groups is 1. The average Bonchev–Trinajstić information content (AvgIpc) is 2.30. The summed E-state index contributed by atoms with van der Waals surface area (Å²) in [6.45, 7) is 3.38. The Bertz CT molecular complexity index is 389. The van der Waals surface area contributed by atoms with Crippen molar-refractivity contribution in [2.24, 2.45) is 5.16 Å². The zero-order valence-corrected chi connectivity index (χ0v) is 9.79. The first-order valence-corrected chi connectivity index (χ1v) is 5.21. The molecule has 0 aliphatic heterocycles. The molecule has 0 amide bonds. The number of aliphatic carboxylic acids is 1. The Labute approximate surface area is 99.7 Å². The Balaban J connectivity index is 2.34. The zero-order chi connectivity index (χ0) is 12.7. The summed E-state index contributed by atoms with van der Waals surface area (Å²) in [5.74, 6) is -0.357. The summed E-state index contributed by atoms with van der Waals surface area (Å²) >= 11 is 0. The van der Waals surface area contributed by atoms with Crippen LogP contribution in [0.5, 0.6) is 5.75 Å². The van der Waals surface area contributed by atoms with Crippen molar-refractivity contribution >= 4 is 11.7 Å². The Morgan fingerprint density at radius 1 is 1.41 bits per heavy atom. The third kappa shape index (κ3) is 5.01. The van der Waals surface area contributed by atoms with Crippen molar-refractivity contribution in [3.05, 3.63) is 30.3 Å². The van der Waals surface area contributed by atoms with Gasteiger partial charge in [-0.25, -0.2) is 4.79 Å². The summed E-state index contributed by atoms with van der Waals surface area (Å²) in [6, 6.07) is 9.31. The van der Waals surface area contributed by atoms with E-state index in [1.54, 1.807) is 0 Å². The van der Waals surface area contributed by atoms with Gasteiger partial charge in [-0.1, -0.05) is 23.4 Å². The fraction of sp³-hybridized carbons (Fsp3) is 0.333. The topological polar surface area (TPSA) is 68.1 Å². The van der Waals surface area contributed by atoms with Crippen LogP contribution in [0.15, 0.2) is 35.5 Å². The van der Waals surface area contributed by atoms with Crippen molar-refractivity contribution in [2.45, 2.75) is 20.0 Å². The van der Waals surface area contributed by atoms with E-state index >= 15 is 0 Å². The van der Waals surface area contributed by atoms with Crippen molar-refractivity contribution in [1.82, 2.24) is 0 Å². The van der Waals surface area contributed by atoms with Gasteiger partial charge < -0.3 is 14.7 Å². The van der Waals surface area contributed by atoms with Gasteiger partial charge in [-0.2, -0.15) is 0 Å². The smallest absolute Gasteiger partial charge is 0.353 e. The highest BCUT2D eigenvalue weighted by Crippen LogP contribution is 2.10. The first-order valence-electron chi connectivity index (χ1n) is 5.21. The second kappa shape index (κ2) is 6.52. The van der Waals surface area contributed by atoms with Gasteiger partial charge in [0, 0.05) is 0 Å². The maximum Gasteiger partial charge on any atom is 0.353 e. The van der Waals surface area contributed by atoms with Gasteiger partial charge in [-0.05, 0) is 26.0 Å². The lowest BCUT2D eigenvalue weighted by Gasteiger charge is -2.13. The van der Waals surface area contributed by atoms with Crippen molar-refractivity contribution in [2.75, 3.05) is 6.61 Å². The molecule has 1 atom stereocenters. The molecule has 92 valence electrons. The maximum absolute atomic E-state index is 10.4. The lowest BCUT2D eigenvalue weighted by Crippen LogP contribution is -2.18. The largest absolute Gasteiger partial charge is 0.487 e. The van der Waals surface area contributed by atoms with E-state index in [1.165, 1.54) is 6.92 Å². The Morgan fingerprint density at radius 2 is 2.06 bits per heavy atom. The van der Waals surface area contributed by atoms with E-state index in [-0.39, 0.29) is 18.4 Å². The van der Waals surface area contributed by atoms with E-state index < -0.39 is 5.97 Å². The van der Waals surface area contributed by atoms with Crippen LogP contribution in [0.1, 0.15) is 13.8 Å². The Hall–Kier alpha value is -2.04. The van der Waals surface area contributed by atoms with E-state index in [1.807, 2.05) is 37.3 Å². The number of hydrogen-bond acceptors (Lipinski definition) is 4. The molecular weight excluding hydrogens is 222 g/mol. The van der Waals surface area contributed by atoms with Crippen molar-refractivity contribution in [1.29, 1.82) is 0 Å². The van der Waals surface area contributed by atoms with Crippen molar-refractivity contribution < 1.29 is 19.5 Å². The van der Waals surface area contributed by atoms with E-state index in [4.69, 9.17) is 14.7 Å². The zero-order valence-electron chi connectivity index (χ0n) is 9.79. The maximum atomic E-state index is 10.4. The van der Waals surface area contributed by atoms with Crippen LogP contribution in [0.3, 0.4) is 0 Å². The van der Waals surface area contributed by atoms with E-state index in [2.05, 4.69) is 5.16 Å².